The van der Waals surface area contributed by atoms with E-state index >= 15 is 0 Å². The zero-order valence-electron chi connectivity index (χ0n) is 22.9. The molecule has 212 valence electrons. The first kappa shape index (κ1) is 29.5. The number of halogens is 1. The third-order valence-corrected chi connectivity index (χ3v) is 7.51. The first-order valence-electron chi connectivity index (χ1n) is 13.9. The van der Waals surface area contributed by atoms with Crippen molar-refractivity contribution in [2.75, 3.05) is 6.61 Å². The topological polar surface area (TPSA) is 46.2 Å². The molecule has 4 atom stereocenters. The maximum Gasteiger partial charge on any atom is 0.150 e. The third-order valence-electron chi connectivity index (χ3n) is 6.90. The van der Waals surface area contributed by atoms with Gasteiger partial charge in [-0.15, -0.1) is 0 Å². The van der Waals surface area contributed by atoms with Gasteiger partial charge in [0.25, 0.3) is 0 Å². The summed E-state index contributed by atoms with van der Waals surface area (Å²) in [4.78, 5) is 0. The van der Waals surface area contributed by atoms with Crippen LogP contribution >= 0.6 is 22.6 Å². The van der Waals surface area contributed by atoms with Crippen molar-refractivity contribution in [3.05, 3.63) is 153 Å². The molecule has 41 heavy (non-hydrogen) atoms. The molecule has 5 nitrogen and oxygen atoms in total. The van der Waals surface area contributed by atoms with Gasteiger partial charge in [0, 0.05) is 4.08 Å². The number of benzene rings is 4. The SMILES string of the molecule is I/C=C1\O[C@H](COCc2ccccc2)[C@H](OCc2ccccc2)[C@H](OCc2ccccc2)[C@H]1OCc1ccccc1. The molecular weight excluding hydrogens is 627 g/mol. The standard InChI is InChI=1S/C35H35IO5/c36-21-31-33(38-23-28-15-7-2-8-16-28)35(40-25-30-19-11-4-12-20-30)34(39-24-29-17-9-3-10-18-29)32(41-31)26-37-22-27-13-5-1-6-14-27/h1-21,32-35H,22-26H2/b31-21-/t32-,33+,34+,35-/m1/s1. The Morgan fingerprint density at radius 2 is 0.951 bits per heavy atom. The van der Waals surface area contributed by atoms with Crippen LogP contribution in [0.5, 0.6) is 0 Å². The molecule has 0 aromatic heterocycles. The Hall–Kier alpha value is -3.01. The number of rotatable bonds is 13. The highest BCUT2D eigenvalue weighted by Gasteiger charge is 2.46. The first-order valence-corrected chi connectivity index (χ1v) is 15.1. The normalized spacial score (nSPS) is 21.4. The van der Waals surface area contributed by atoms with E-state index in [1.165, 1.54) is 0 Å². The molecule has 0 amide bonds. The fourth-order valence-electron chi connectivity index (χ4n) is 4.79. The predicted octanol–water partition coefficient (Wildman–Crippen LogP) is 7.63. The fourth-order valence-corrected chi connectivity index (χ4v) is 5.29. The lowest BCUT2D eigenvalue weighted by atomic mass is 9.97. The Bertz CT molecular complexity index is 1320. The molecule has 1 fully saturated rings. The van der Waals surface area contributed by atoms with Gasteiger partial charge in [0.2, 0.25) is 0 Å². The molecule has 0 N–H and O–H groups in total. The van der Waals surface area contributed by atoms with Crippen LogP contribution in [0.15, 0.2) is 131 Å². The van der Waals surface area contributed by atoms with Crippen LogP contribution < -0.4 is 0 Å². The van der Waals surface area contributed by atoms with Gasteiger partial charge in [-0.3, -0.25) is 0 Å². The Morgan fingerprint density at radius 1 is 0.537 bits per heavy atom. The molecule has 6 heteroatoms. The van der Waals surface area contributed by atoms with Crippen molar-refractivity contribution in [1.29, 1.82) is 0 Å². The molecule has 0 spiro atoms. The maximum atomic E-state index is 6.67. The molecule has 4 aromatic rings. The van der Waals surface area contributed by atoms with Crippen molar-refractivity contribution in [3.8, 4) is 0 Å². The molecule has 0 unspecified atom stereocenters. The van der Waals surface area contributed by atoms with E-state index in [0.717, 1.165) is 22.3 Å². The smallest absolute Gasteiger partial charge is 0.150 e. The monoisotopic (exact) mass is 662 g/mol. The minimum absolute atomic E-state index is 0.346. The minimum Gasteiger partial charge on any atom is -0.486 e. The Balaban J connectivity index is 1.39. The van der Waals surface area contributed by atoms with Crippen LogP contribution in [0.2, 0.25) is 0 Å². The first-order chi connectivity index (χ1) is 20.3. The molecular formula is C35H35IO5. The van der Waals surface area contributed by atoms with Gasteiger partial charge in [0.05, 0.1) is 33.0 Å². The average Bonchev–Trinajstić information content (AvgIpc) is 3.04. The van der Waals surface area contributed by atoms with Crippen molar-refractivity contribution in [2.24, 2.45) is 0 Å². The van der Waals surface area contributed by atoms with E-state index in [-0.39, 0.29) is 6.10 Å². The largest absolute Gasteiger partial charge is 0.486 e. The van der Waals surface area contributed by atoms with E-state index in [0.29, 0.717) is 38.8 Å². The Kier molecular flexibility index (Phi) is 11.4. The maximum absolute atomic E-state index is 6.67. The lowest BCUT2D eigenvalue weighted by Crippen LogP contribution is -2.56. The van der Waals surface area contributed by atoms with Crippen molar-refractivity contribution >= 4 is 22.6 Å². The summed E-state index contributed by atoms with van der Waals surface area (Å²) in [5.74, 6) is 0.715. The van der Waals surface area contributed by atoms with Crippen LogP contribution in [-0.4, -0.2) is 31.0 Å². The van der Waals surface area contributed by atoms with E-state index < -0.39 is 18.3 Å². The molecule has 1 aliphatic heterocycles. The van der Waals surface area contributed by atoms with Gasteiger partial charge in [0.1, 0.15) is 24.1 Å². The number of hydrogen-bond acceptors (Lipinski definition) is 5. The second kappa shape index (κ2) is 15.8. The van der Waals surface area contributed by atoms with Crippen LogP contribution in [0.3, 0.4) is 0 Å². The van der Waals surface area contributed by atoms with Crippen molar-refractivity contribution in [1.82, 2.24) is 0 Å². The van der Waals surface area contributed by atoms with E-state index in [9.17, 15) is 0 Å². The van der Waals surface area contributed by atoms with Crippen LogP contribution in [0.1, 0.15) is 22.3 Å². The summed E-state index contributed by atoms with van der Waals surface area (Å²) in [6.45, 7) is 2.10. The predicted molar refractivity (Wildman–Crippen MR) is 168 cm³/mol. The second-order valence-electron chi connectivity index (χ2n) is 9.91. The lowest BCUT2D eigenvalue weighted by molar-refractivity contribution is -0.223. The number of ether oxygens (including phenoxy) is 5. The molecule has 0 bridgehead atoms. The molecule has 1 aliphatic rings. The van der Waals surface area contributed by atoms with Gasteiger partial charge in [-0.2, -0.15) is 0 Å². The van der Waals surface area contributed by atoms with E-state index in [1.54, 1.807) is 0 Å². The molecule has 0 aliphatic carbocycles. The van der Waals surface area contributed by atoms with Gasteiger partial charge in [-0.25, -0.2) is 0 Å². The molecule has 5 rings (SSSR count). The molecule has 1 heterocycles. The number of hydrogen-bond donors (Lipinski definition) is 0. The van der Waals surface area contributed by atoms with E-state index in [4.69, 9.17) is 23.7 Å². The summed E-state index contributed by atoms with van der Waals surface area (Å²) >= 11 is 2.22. The molecule has 4 aromatic carbocycles. The molecule has 0 radical (unpaired) electrons. The van der Waals surface area contributed by atoms with E-state index in [1.807, 2.05) is 76.9 Å². The lowest BCUT2D eigenvalue weighted by Gasteiger charge is -2.43. The third kappa shape index (κ3) is 8.74. The van der Waals surface area contributed by atoms with Crippen LogP contribution in [-0.2, 0) is 50.1 Å². The van der Waals surface area contributed by atoms with Crippen molar-refractivity contribution in [3.63, 3.8) is 0 Å². The van der Waals surface area contributed by atoms with Gasteiger partial charge >= 0.3 is 0 Å². The summed E-state index contributed by atoms with van der Waals surface area (Å²) in [5, 5.41) is 0. The van der Waals surface area contributed by atoms with Gasteiger partial charge in [0.15, 0.2) is 6.10 Å². The van der Waals surface area contributed by atoms with Crippen molar-refractivity contribution < 1.29 is 23.7 Å². The minimum atomic E-state index is -0.457. The van der Waals surface area contributed by atoms with Crippen molar-refractivity contribution in [2.45, 2.75) is 50.8 Å². The Morgan fingerprint density at radius 3 is 1.41 bits per heavy atom. The summed E-state index contributed by atoms with van der Waals surface area (Å²) < 4.78 is 34.5. The zero-order valence-corrected chi connectivity index (χ0v) is 25.0. The summed E-state index contributed by atoms with van der Waals surface area (Å²) in [5.41, 5.74) is 4.35. The highest BCUT2D eigenvalue weighted by Crippen LogP contribution is 2.33. The van der Waals surface area contributed by atoms with Crippen LogP contribution in [0.4, 0.5) is 0 Å². The fraction of sp³-hybridized carbons (Fsp3) is 0.257. The summed E-state index contributed by atoms with van der Waals surface area (Å²) in [6, 6.07) is 40.6. The quantitative estimate of drug-likeness (QED) is 0.138. The summed E-state index contributed by atoms with van der Waals surface area (Å²) in [6.07, 6.45) is -1.71. The van der Waals surface area contributed by atoms with Gasteiger partial charge < -0.3 is 23.7 Å². The second-order valence-corrected chi connectivity index (χ2v) is 10.5. The summed E-state index contributed by atoms with van der Waals surface area (Å²) in [7, 11) is 0. The molecule has 0 saturated carbocycles. The van der Waals surface area contributed by atoms with Crippen LogP contribution in [0.25, 0.3) is 0 Å². The Labute approximate surface area is 256 Å². The highest BCUT2D eigenvalue weighted by molar-refractivity contribution is 14.1. The van der Waals surface area contributed by atoms with Gasteiger partial charge in [-0.1, -0.05) is 121 Å². The van der Waals surface area contributed by atoms with Gasteiger partial charge in [-0.05, 0) is 44.8 Å². The average molecular weight is 663 g/mol. The highest BCUT2D eigenvalue weighted by atomic mass is 127. The van der Waals surface area contributed by atoms with E-state index in [2.05, 4.69) is 71.1 Å². The zero-order chi connectivity index (χ0) is 28.1. The molecule has 1 saturated heterocycles. The van der Waals surface area contributed by atoms with Crippen LogP contribution in [0, 0.1) is 0 Å².